The number of nitro groups is 1. The van der Waals surface area contributed by atoms with Gasteiger partial charge in [-0.05, 0) is 23.6 Å². The number of hydrogen-bond acceptors (Lipinski definition) is 7. The molecular weight excluding hydrogens is 402 g/mol. The van der Waals surface area contributed by atoms with Crippen LogP contribution >= 0.6 is 11.3 Å². The van der Waals surface area contributed by atoms with Crippen LogP contribution in [0.3, 0.4) is 0 Å². The SMILES string of the molecule is CC(C)c1ccc(OCC(=O)C(C#N)c2nc(-c3cccc([N+](=O)[O-])c3)cs2)cc1. The van der Waals surface area contributed by atoms with Crippen LogP contribution in [0, 0.1) is 21.4 Å². The Labute approximate surface area is 177 Å². The maximum Gasteiger partial charge on any atom is 0.270 e. The first-order chi connectivity index (χ1) is 14.4. The van der Waals surface area contributed by atoms with Crippen molar-refractivity contribution in [3.05, 3.63) is 74.6 Å². The van der Waals surface area contributed by atoms with Gasteiger partial charge in [-0.15, -0.1) is 11.3 Å². The van der Waals surface area contributed by atoms with Crippen LogP contribution in [0.15, 0.2) is 53.9 Å². The third kappa shape index (κ3) is 4.88. The van der Waals surface area contributed by atoms with E-state index in [1.807, 2.05) is 18.2 Å². The van der Waals surface area contributed by atoms with E-state index in [2.05, 4.69) is 18.8 Å². The maximum absolute atomic E-state index is 12.5. The van der Waals surface area contributed by atoms with E-state index >= 15 is 0 Å². The van der Waals surface area contributed by atoms with Crippen LogP contribution in [-0.4, -0.2) is 22.3 Å². The Morgan fingerprint density at radius 1 is 1.27 bits per heavy atom. The summed E-state index contributed by atoms with van der Waals surface area (Å²) in [5, 5.41) is 22.5. The average molecular weight is 421 g/mol. The molecule has 1 atom stereocenters. The van der Waals surface area contributed by atoms with Crippen LogP contribution in [0.2, 0.25) is 0 Å². The van der Waals surface area contributed by atoms with Gasteiger partial charge in [0, 0.05) is 23.1 Å². The Bertz CT molecular complexity index is 1100. The molecule has 0 bridgehead atoms. The van der Waals surface area contributed by atoms with Crippen LogP contribution in [-0.2, 0) is 4.79 Å². The second-order valence-corrected chi connectivity index (χ2v) is 7.81. The summed E-state index contributed by atoms with van der Waals surface area (Å²) in [6.45, 7) is 3.94. The lowest BCUT2D eigenvalue weighted by atomic mass is 10.0. The summed E-state index contributed by atoms with van der Waals surface area (Å²) in [6, 6.07) is 15.5. The molecule has 0 saturated carbocycles. The lowest BCUT2D eigenvalue weighted by Crippen LogP contribution is -2.19. The number of ether oxygens (including phenoxy) is 1. The minimum atomic E-state index is -1.06. The number of carbonyl (C=O) groups is 1. The quantitative estimate of drug-likeness (QED) is 0.370. The lowest BCUT2D eigenvalue weighted by Gasteiger charge is -2.10. The van der Waals surface area contributed by atoms with E-state index in [1.165, 1.54) is 29.0 Å². The third-order valence-corrected chi connectivity index (χ3v) is 5.41. The predicted molar refractivity (Wildman–Crippen MR) is 114 cm³/mol. The number of benzene rings is 2. The van der Waals surface area contributed by atoms with Gasteiger partial charge < -0.3 is 4.74 Å². The molecule has 3 aromatic rings. The molecule has 1 heterocycles. The predicted octanol–water partition coefficient (Wildman–Crippen LogP) is 5.10. The molecule has 0 aliphatic heterocycles. The van der Waals surface area contributed by atoms with E-state index in [9.17, 15) is 20.2 Å². The first-order valence-electron chi connectivity index (χ1n) is 9.24. The molecule has 1 aromatic heterocycles. The highest BCUT2D eigenvalue weighted by molar-refractivity contribution is 7.10. The molecule has 0 aliphatic rings. The second-order valence-electron chi connectivity index (χ2n) is 6.92. The monoisotopic (exact) mass is 421 g/mol. The fraction of sp³-hybridized carbons (Fsp3) is 0.227. The maximum atomic E-state index is 12.5. The molecule has 30 heavy (non-hydrogen) atoms. The number of ketones is 1. The van der Waals surface area contributed by atoms with Crippen LogP contribution in [0.5, 0.6) is 5.75 Å². The first kappa shape index (κ1) is 21.1. The van der Waals surface area contributed by atoms with Crippen LogP contribution in [0.4, 0.5) is 5.69 Å². The summed E-state index contributed by atoms with van der Waals surface area (Å²) in [7, 11) is 0. The van der Waals surface area contributed by atoms with Crippen molar-refractivity contribution in [1.82, 2.24) is 4.98 Å². The molecule has 0 amide bonds. The summed E-state index contributed by atoms with van der Waals surface area (Å²) in [5.41, 5.74) is 2.15. The zero-order valence-corrected chi connectivity index (χ0v) is 17.3. The molecule has 0 fully saturated rings. The molecular formula is C22H19N3O4S. The van der Waals surface area contributed by atoms with Crippen molar-refractivity contribution in [2.24, 2.45) is 0 Å². The number of hydrogen-bond donors (Lipinski definition) is 0. The number of nitriles is 1. The molecule has 2 aromatic carbocycles. The van der Waals surface area contributed by atoms with E-state index in [4.69, 9.17) is 4.74 Å². The zero-order valence-electron chi connectivity index (χ0n) is 16.4. The minimum Gasteiger partial charge on any atom is -0.486 e. The van der Waals surface area contributed by atoms with E-state index in [0.29, 0.717) is 27.9 Å². The van der Waals surface area contributed by atoms with E-state index in [1.54, 1.807) is 29.6 Å². The van der Waals surface area contributed by atoms with Gasteiger partial charge >= 0.3 is 0 Å². The Hall–Kier alpha value is -3.57. The fourth-order valence-corrected chi connectivity index (χ4v) is 3.68. The van der Waals surface area contributed by atoms with Crippen molar-refractivity contribution in [1.29, 1.82) is 5.26 Å². The fourth-order valence-electron chi connectivity index (χ4n) is 2.78. The topological polar surface area (TPSA) is 106 Å². The largest absolute Gasteiger partial charge is 0.486 e. The van der Waals surface area contributed by atoms with Gasteiger partial charge in [0.15, 0.2) is 11.7 Å². The van der Waals surface area contributed by atoms with E-state index < -0.39 is 16.6 Å². The number of nitrogens with zero attached hydrogens (tertiary/aromatic N) is 3. The number of aromatic nitrogens is 1. The summed E-state index contributed by atoms with van der Waals surface area (Å²) < 4.78 is 5.54. The van der Waals surface area contributed by atoms with Gasteiger partial charge in [0.25, 0.3) is 5.69 Å². The molecule has 3 rings (SSSR count). The van der Waals surface area contributed by atoms with Crippen molar-refractivity contribution in [3.63, 3.8) is 0 Å². The standard InChI is InChI=1S/C22H19N3O4S/c1-14(2)15-6-8-18(9-7-15)29-12-21(26)19(11-23)22-24-20(13-30-22)16-4-3-5-17(10-16)25(27)28/h3-10,13-14,19H,12H2,1-2H3. The average Bonchev–Trinajstić information content (AvgIpc) is 3.23. The Morgan fingerprint density at radius 2 is 2.00 bits per heavy atom. The molecule has 0 spiro atoms. The van der Waals surface area contributed by atoms with Gasteiger partial charge in [-0.25, -0.2) is 4.98 Å². The number of rotatable bonds is 8. The van der Waals surface area contributed by atoms with Crippen molar-refractivity contribution in [2.75, 3.05) is 6.61 Å². The number of thiazole rings is 1. The number of Topliss-reactive ketones (excluding diaryl/α,β-unsaturated/α-hetero) is 1. The van der Waals surface area contributed by atoms with Crippen LogP contribution in [0.25, 0.3) is 11.3 Å². The second kappa shape index (κ2) is 9.29. The highest BCUT2D eigenvalue weighted by Gasteiger charge is 2.24. The molecule has 1 unspecified atom stereocenters. The number of nitro benzene ring substituents is 1. The van der Waals surface area contributed by atoms with Crippen molar-refractivity contribution >= 4 is 22.8 Å². The summed E-state index contributed by atoms with van der Waals surface area (Å²) >= 11 is 1.17. The Morgan fingerprint density at radius 3 is 2.63 bits per heavy atom. The van der Waals surface area contributed by atoms with Crippen LogP contribution < -0.4 is 4.74 Å². The number of carbonyl (C=O) groups excluding carboxylic acids is 1. The van der Waals surface area contributed by atoms with Crippen molar-refractivity contribution < 1.29 is 14.5 Å². The lowest BCUT2D eigenvalue weighted by molar-refractivity contribution is -0.384. The van der Waals surface area contributed by atoms with Gasteiger partial charge in [-0.1, -0.05) is 38.1 Å². The minimum absolute atomic E-state index is 0.0492. The van der Waals surface area contributed by atoms with E-state index in [0.717, 1.165) is 0 Å². The van der Waals surface area contributed by atoms with Crippen molar-refractivity contribution in [2.45, 2.75) is 25.7 Å². The van der Waals surface area contributed by atoms with E-state index in [-0.39, 0.29) is 12.3 Å². The Kier molecular flexibility index (Phi) is 6.54. The highest BCUT2D eigenvalue weighted by Crippen LogP contribution is 2.29. The molecule has 0 radical (unpaired) electrons. The van der Waals surface area contributed by atoms with Crippen LogP contribution in [0.1, 0.15) is 36.3 Å². The van der Waals surface area contributed by atoms with Gasteiger partial charge in [0.1, 0.15) is 17.4 Å². The number of non-ortho nitro benzene ring substituents is 1. The summed E-state index contributed by atoms with van der Waals surface area (Å²) in [6.07, 6.45) is 0. The molecule has 152 valence electrons. The van der Waals surface area contributed by atoms with Gasteiger partial charge in [-0.3, -0.25) is 14.9 Å². The van der Waals surface area contributed by atoms with Gasteiger partial charge in [-0.2, -0.15) is 5.26 Å². The summed E-state index contributed by atoms with van der Waals surface area (Å²) in [4.78, 5) is 27.4. The summed E-state index contributed by atoms with van der Waals surface area (Å²) in [5.74, 6) is -0.502. The molecule has 7 nitrogen and oxygen atoms in total. The smallest absolute Gasteiger partial charge is 0.270 e. The van der Waals surface area contributed by atoms with Gasteiger partial charge in [0.05, 0.1) is 16.7 Å². The normalized spacial score (nSPS) is 11.7. The Balaban J connectivity index is 1.70. The zero-order chi connectivity index (χ0) is 21.7. The van der Waals surface area contributed by atoms with Gasteiger partial charge in [0.2, 0.25) is 0 Å². The third-order valence-electron chi connectivity index (χ3n) is 4.50. The molecule has 8 heteroatoms. The highest BCUT2D eigenvalue weighted by atomic mass is 32.1. The van der Waals surface area contributed by atoms with Crippen molar-refractivity contribution in [3.8, 4) is 23.1 Å². The molecule has 0 aliphatic carbocycles. The molecule has 0 N–H and O–H groups in total. The molecule has 0 saturated heterocycles. The first-order valence-corrected chi connectivity index (χ1v) is 10.1.